The fourth-order valence-corrected chi connectivity index (χ4v) is 2.78. The molecule has 1 rings (SSSR count). The Hall–Kier alpha value is -0.940. The van der Waals surface area contributed by atoms with E-state index < -0.39 is 0 Å². The molecule has 0 saturated carbocycles. The maximum Gasteiger partial charge on any atom is 0.186 e. The quantitative estimate of drug-likeness (QED) is 0.681. The zero-order valence-corrected chi connectivity index (χ0v) is 12.4. The minimum atomic E-state index is 0.330. The van der Waals surface area contributed by atoms with E-state index in [1.165, 1.54) is 11.3 Å². The van der Waals surface area contributed by atoms with Crippen molar-refractivity contribution in [2.24, 2.45) is 0 Å². The van der Waals surface area contributed by atoms with Gasteiger partial charge in [-0.25, -0.2) is 4.98 Å². The van der Waals surface area contributed by atoms with Crippen LogP contribution in [0.4, 0.5) is 5.13 Å². The Kier molecular flexibility index (Phi) is 6.29. The number of likely N-dealkylation sites (N-methyl/N-ethyl adjacent to an activating group) is 1. The van der Waals surface area contributed by atoms with Gasteiger partial charge in [0.25, 0.3) is 0 Å². The number of thiazole rings is 1. The normalized spacial score (nSPS) is 12.4. The van der Waals surface area contributed by atoms with E-state index in [9.17, 15) is 4.79 Å². The maximum absolute atomic E-state index is 11.1. The fourth-order valence-electron chi connectivity index (χ4n) is 1.69. The van der Waals surface area contributed by atoms with E-state index in [1.54, 1.807) is 7.11 Å². The summed E-state index contributed by atoms with van der Waals surface area (Å²) in [5.74, 6) is 0.330. The predicted octanol–water partition coefficient (Wildman–Crippen LogP) is 2.94. The second kappa shape index (κ2) is 7.48. The monoisotopic (exact) mass is 270 g/mol. The van der Waals surface area contributed by atoms with E-state index in [1.807, 2.05) is 0 Å². The van der Waals surface area contributed by atoms with Crippen LogP contribution in [0.2, 0.25) is 0 Å². The largest absolute Gasteiger partial charge is 0.383 e. The van der Waals surface area contributed by atoms with Gasteiger partial charge in [0.15, 0.2) is 11.4 Å². The molecule has 1 aromatic heterocycles. The molecule has 102 valence electrons. The lowest BCUT2D eigenvalue weighted by Gasteiger charge is -2.18. The fraction of sp³-hybridized carbons (Fsp3) is 0.692. The van der Waals surface area contributed by atoms with E-state index in [0.717, 1.165) is 41.5 Å². The lowest BCUT2D eigenvalue weighted by atomic mass is 10.0. The summed E-state index contributed by atoms with van der Waals surface area (Å²) in [5.41, 5.74) is 0.934. The number of methoxy groups -OCH3 is 1. The highest BCUT2D eigenvalue weighted by atomic mass is 32.1. The van der Waals surface area contributed by atoms with Crippen molar-refractivity contribution in [2.45, 2.75) is 33.1 Å². The maximum atomic E-state index is 11.1. The lowest BCUT2D eigenvalue weighted by molar-refractivity contribution is 0.112. The first kappa shape index (κ1) is 15.1. The van der Waals surface area contributed by atoms with E-state index in [2.05, 4.69) is 30.7 Å². The predicted molar refractivity (Wildman–Crippen MR) is 76.0 cm³/mol. The third-order valence-corrected chi connectivity index (χ3v) is 4.13. The van der Waals surface area contributed by atoms with Crippen LogP contribution < -0.4 is 4.90 Å². The third-order valence-electron chi connectivity index (χ3n) is 3.07. The van der Waals surface area contributed by atoms with Crippen LogP contribution in [0.15, 0.2) is 0 Å². The minimum Gasteiger partial charge on any atom is -0.383 e. The van der Waals surface area contributed by atoms with Crippen LogP contribution in [0.3, 0.4) is 0 Å². The van der Waals surface area contributed by atoms with Gasteiger partial charge in [0.2, 0.25) is 0 Å². The SMILES string of the molecule is CCC(C)c1nc(N(CC)CCOC)sc1C=O. The Morgan fingerprint density at radius 1 is 1.50 bits per heavy atom. The molecule has 1 atom stereocenters. The van der Waals surface area contributed by atoms with Gasteiger partial charge in [0, 0.05) is 20.2 Å². The summed E-state index contributed by atoms with van der Waals surface area (Å²) >= 11 is 1.48. The van der Waals surface area contributed by atoms with Crippen LogP contribution in [-0.2, 0) is 4.74 Å². The Balaban J connectivity index is 2.94. The molecule has 0 aromatic carbocycles. The number of hydrogen-bond acceptors (Lipinski definition) is 5. The number of anilines is 1. The summed E-state index contributed by atoms with van der Waals surface area (Å²) in [4.78, 5) is 18.7. The van der Waals surface area contributed by atoms with Crippen molar-refractivity contribution in [3.63, 3.8) is 0 Å². The van der Waals surface area contributed by atoms with Gasteiger partial charge in [-0.05, 0) is 19.3 Å². The van der Waals surface area contributed by atoms with Crippen LogP contribution in [0.1, 0.15) is 48.5 Å². The molecule has 0 aliphatic rings. The van der Waals surface area contributed by atoms with Crippen LogP contribution in [-0.4, -0.2) is 38.1 Å². The Morgan fingerprint density at radius 2 is 2.22 bits per heavy atom. The molecular weight excluding hydrogens is 248 g/mol. The van der Waals surface area contributed by atoms with Gasteiger partial charge in [0.1, 0.15) is 0 Å². The van der Waals surface area contributed by atoms with Gasteiger partial charge in [-0.3, -0.25) is 4.79 Å². The summed E-state index contributed by atoms with van der Waals surface area (Å²) in [5, 5.41) is 0.923. The van der Waals surface area contributed by atoms with E-state index in [-0.39, 0.29) is 0 Å². The van der Waals surface area contributed by atoms with Gasteiger partial charge in [-0.2, -0.15) is 0 Å². The molecule has 1 heterocycles. The van der Waals surface area contributed by atoms with Crippen molar-refractivity contribution < 1.29 is 9.53 Å². The van der Waals surface area contributed by atoms with Crippen molar-refractivity contribution in [2.75, 3.05) is 31.7 Å². The first-order chi connectivity index (χ1) is 8.67. The first-order valence-corrected chi connectivity index (χ1v) is 7.19. The summed E-state index contributed by atoms with van der Waals surface area (Å²) in [6.45, 7) is 8.65. The van der Waals surface area contributed by atoms with Crippen LogP contribution in [0, 0.1) is 0 Å². The van der Waals surface area contributed by atoms with Gasteiger partial charge in [-0.1, -0.05) is 25.2 Å². The number of rotatable bonds is 8. The van der Waals surface area contributed by atoms with Crippen molar-refractivity contribution in [3.05, 3.63) is 10.6 Å². The zero-order chi connectivity index (χ0) is 13.5. The second-order valence-electron chi connectivity index (χ2n) is 4.25. The molecule has 0 fully saturated rings. The van der Waals surface area contributed by atoms with Crippen LogP contribution in [0.5, 0.6) is 0 Å². The molecule has 0 radical (unpaired) electrons. The number of aromatic nitrogens is 1. The highest BCUT2D eigenvalue weighted by molar-refractivity contribution is 7.17. The molecule has 0 amide bonds. The average Bonchev–Trinajstić information content (AvgIpc) is 2.83. The zero-order valence-electron chi connectivity index (χ0n) is 11.6. The molecule has 0 spiro atoms. The molecule has 0 bridgehead atoms. The minimum absolute atomic E-state index is 0.330. The molecule has 1 unspecified atom stereocenters. The van der Waals surface area contributed by atoms with E-state index in [4.69, 9.17) is 4.74 Å². The summed E-state index contributed by atoms with van der Waals surface area (Å²) in [6, 6.07) is 0. The third kappa shape index (κ3) is 3.53. The molecule has 5 heteroatoms. The van der Waals surface area contributed by atoms with Gasteiger partial charge in [0.05, 0.1) is 17.2 Å². The molecule has 18 heavy (non-hydrogen) atoms. The van der Waals surface area contributed by atoms with Gasteiger partial charge >= 0.3 is 0 Å². The summed E-state index contributed by atoms with van der Waals surface area (Å²) in [7, 11) is 1.69. The van der Waals surface area contributed by atoms with Crippen LogP contribution >= 0.6 is 11.3 Å². The van der Waals surface area contributed by atoms with Crippen LogP contribution in [0.25, 0.3) is 0 Å². The Bertz CT molecular complexity index is 379. The number of aldehydes is 1. The van der Waals surface area contributed by atoms with Gasteiger partial charge < -0.3 is 9.64 Å². The van der Waals surface area contributed by atoms with E-state index >= 15 is 0 Å². The van der Waals surface area contributed by atoms with Crippen molar-refractivity contribution >= 4 is 22.8 Å². The van der Waals surface area contributed by atoms with E-state index in [0.29, 0.717) is 12.5 Å². The molecular formula is C13H22N2O2S. The number of nitrogens with zero attached hydrogens (tertiary/aromatic N) is 2. The first-order valence-electron chi connectivity index (χ1n) is 6.37. The Morgan fingerprint density at radius 3 is 2.72 bits per heavy atom. The van der Waals surface area contributed by atoms with Crippen molar-refractivity contribution in [3.8, 4) is 0 Å². The number of hydrogen-bond donors (Lipinski definition) is 0. The summed E-state index contributed by atoms with van der Waals surface area (Å²) < 4.78 is 5.09. The number of carbonyl (C=O) groups is 1. The molecule has 0 aliphatic heterocycles. The second-order valence-corrected chi connectivity index (χ2v) is 5.25. The van der Waals surface area contributed by atoms with Crippen molar-refractivity contribution in [1.82, 2.24) is 4.98 Å². The molecule has 4 nitrogen and oxygen atoms in total. The molecule has 0 saturated heterocycles. The average molecular weight is 270 g/mol. The standard InChI is InChI=1S/C13H22N2O2S/c1-5-10(3)12-11(9-16)18-13(14-12)15(6-2)7-8-17-4/h9-10H,5-8H2,1-4H3. The highest BCUT2D eigenvalue weighted by Gasteiger charge is 2.18. The van der Waals surface area contributed by atoms with Crippen molar-refractivity contribution in [1.29, 1.82) is 0 Å². The Labute approximate surface area is 113 Å². The highest BCUT2D eigenvalue weighted by Crippen LogP contribution is 2.30. The lowest BCUT2D eigenvalue weighted by Crippen LogP contribution is -2.26. The molecule has 0 N–H and O–H groups in total. The topological polar surface area (TPSA) is 42.4 Å². The number of carbonyl (C=O) groups excluding carboxylic acids is 1. The molecule has 1 aromatic rings. The molecule has 0 aliphatic carbocycles. The van der Waals surface area contributed by atoms with Gasteiger partial charge in [-0.15, -0.1) is 0 Å². The summed E-state index contributed by atoms with van der Waals surface area (Å²) in [6.07, 6.45) is 1.92. The smallest absolute Gasteiger partial charge is 0.186 e. The number of ether oxygens (including phenoxy) is 1.